The maximum absolute atomic E-state index is 13.2. The number of hydrogen-bond donors (Lipinski definition) is 1. The van der Waals surface area contributed by atoms with Gasteiger partial charge in [0.2, 0.25) is 0 Å². The zero-order valence-electron chi connectivity index (χ0n) is 10.4. The minimum Gasteiger partial charge on any atom is -0.444 e. The molecule has 2 atom stereocenters. The number of alkyl halides is 1. The molecule has 0 bridgehead atoms. The van der Waals surface area contributed by atoms with Crippen LogP contribution in [0.1, 0.15) is 27.2 Å². The van der Waals surface area contributed by atoms with Gasteiger partial charge in [-0.2, -0.15) is 0 Å². The summed E-state index contributed by atoms with van der Waals surface area (Å²) in [4.78, 5) is 13.2. The summed E-state index contributed by atoms with van der Waals surface area (Å²) in [6.07, 6.45) is -0.903. The van der Waals surface area contributed by atoms with Gasteiger partial charge in [0.05, 0.1) is 0 Å². The van der Waals surface area contributed by atoms with E-state index in [0.29, 0.717) is 19.5 Å². The van der Waals surface area contributed by atoms with Crippen molar-refractivity contribution in [1.29, 1.82) is 0 Å². The predicted molar refractivity (Wildman–Crippen MR) is 60.2 cm³/mol. The molecule has 4 nitrogen and oxygen atoms in total. The number of likely N-dealkylation sites (N-methyl/N-ethyl adjacent to an activating group) is 1. The van der Waals surface area contributed by atoms with Crippen molar-refractivity contribution in [2.75, 3.05) is 20.1 Å². The fourth-order valence-corrected chi connectivity index (χ4v) is 1.65. The van der Waals surface area contributed by atoms with E-state index in [1.54, 1.807) is 7.05 Å². The molecule has 1 saturated heterocycles. The topological polar surface area (TPSA) is 41.6 Å². The Morgan fingerprint density at radius 3 is 2.56 bits per heavy atom. The Labute approximate surface area is 96.1 Å². The smallest absolute Gasteiger partial charge is 0.410 e. The Morgan fingerprint density at radius 2 is 2.06 bits per heavy atom. The second-order valence-corrected chi connectivity index (χ2v) is 5.24. The fraction of sp³-hybridized carbons (Fsp3) is 0.909. The summed E-state index contributed by atoms with van der Waals surface area (Å²) in [5.74, 6) is 0. The monoisotopic (exact) mass is 232 g/mol. The molecule has 0 aromatic carbocycles. The first kappa shape index (κ1) is 13.2. The third-order valence-electron chi connectivity index (χ3n) is 2.50. The Hall–Kier alpha value is -0.840. The molecule has 1 rings (SSSR count). The van der Waals surface area contributed by atoms with Gasteiger partial charge in [-0.15, -0.1) is 0 Å². The van der Waals surface area contributed by atoms with E-state index in [2.05, 4.69) is 5.32 Å². The van der Waals surface area contributed by atoms with Crippen LogP contribution >= 0.6 is 0 Å². The van der Waals surface area contributed by atoms with Crippen molar-refractivity contribution in [2.45, 2.75) is 45.0 Å². The van der Waals surface area contributed by atoms with Crippen molar-refractivity contribution in [3.8, 4) is 0 Å². The molecule has 1 aliphatic heterocycles. The quantitative estimate of drug-likeness (QED) is 0.746. The van der Waals surface area contributed by atoms with Gasteiger partial charge in [-0.05, 0) is 20.8 Å². The van der Waals surface area contributed by atoms with Crippen LogP contribution in [0.3, 0.4) is 0 Å². The lowest BCUT2D eigenvalue weighted by Gasteiger charge is -2.34. The molecule has 0 aromatic rings. The third kappa shape index (κ3) is 3.96. The molecule has 0 radical (unpaired) electrons. The Kier molecular flexibility index (Phi) is 4.13. The van der Waals surface area contributed by atoms with Crippen LogP contribution in [0.5, 0.6) is 0 Å². The number of nitrogens with zero attached hydrogens (tertiary/aromatic N) is 1. The number of halogens is 1. The van der Waals surface area contributed by atoms with E-state index in [1.807, 2.05) is 20.8 Å². The van der Waals surface area contributed by atoms with Gasteiger partial charge in [-0.1, -0.05) is 0 Å². The van der Waals surface area contributed by atoms with Crippen molar-refractivity contribution in [1.82, 2.24) is 10.2 Å². The van der Waals surface area contributed by atoms with Crippen LogP contribution in [-0.4, -0.2) is 48.9 Å². The highest BCUT2D eigenvalue weighted by atomic mass is 19.1. The van der Waals surface area contributed by atoms with Gasteiger partial charge >= 0.3 is 6.09 Å². The minimum atomic E-state index is -0.886. The first-order valence-electron chi connectivity index (χ1n) is 5.60. The molecule has 0 saturated carbocycles. The van der Waals surface area contributed by atoms with Crippen molar-refractivity contribution in [3.05, 3.63) is 0 Å². The highest BCUT2D eigenvalue weighted by Crippen LogP contribution is 2.15. The van der Waals surface area contributed by atoms with Crippen LogP contribution in [0.4, 0.5) is 9.18 Å². The predicted octanol–water partition coefficient (Wildman–Crippen LogP) is 1.55. The lowest BCUT2D eigenvalue weighted by Crippen LogP contribution is -2.51. The molecule has 16 heavy (non-hydrogen) atoms. The van der Waals surface area contributed by atoms with Crippen LogP contribution in [0.2, 0.25) is 0 Å². The van der Waals surface area contributed by atoms with Gasteiger partial charge in [0.1, 0.15) is 11.8 Å². The summed E-state index contributed by atoms with van der Waals surface area (Å²) in [5, 5.41) is 2.96. The highest BCUT2D eigenvalue weighted by molar-refractivity contribution is 5.68. The summed E-state index contributed by atoms with van der Waals surface area (Å²) in [6, 6.07) is -0.126. The number of amides is 1. The Bertz CT molecular complexity index is 253. The standard InChI is InChI=1S/C11H21FN2O2/c1-11(2,3)16-10(15)14(4)9-5-8(12)6-13-7-9/h8-9,13H,5-7H2,1-4H3/t8-,9-/m1/s1. The number of carbonyl (C=O) groups is 1. The summed E-state index contributed by atoms with van der Waals surface area (Å²) >= 11 is 0. The molecule has 1 heterocycles. The number of ether oxygens (including phenoxy) is 1. The van der Waals surface area contributed by atoms with Crippen LogP contribution in [0, 0.1) is 0 Å². The molecule has 0 unspecified atom stereocenters. The van der Waals surface area contributed by atoms with Gasteiger partial charge in [-0.25, -0.2) is 9.18 Å². The van der Waals surface area contributed by atoms with Crippen molar-refractivity contribution in [2.24, 2.45) is 0 Å². The van der Waals surface area contributed by atoms with Gasteiger partial charge in [0.15, 0.2) is 0 Å². The normalized spacial score (nSPS) is 26.3. The maximum Gasteiger partial charge on any atom is 0.410 e. The molecular weight excluding hydrogens is 211 g/mol. The molecule has 5 heteroatoms. The minimum absolute atomic E-state index is 0.126. The molecule has 1 N–H and O–H groups in total. The summed E-state index contributed by atoms with van der Waals surface area (Å²) in [6.45, 7) is 6.44. The Balaban J connectivity index is 2.49. The number of rotatable bonds is 1. The van der Waals surface area contributed by atoms with Gasteiger partial charge in [0, 0.05) is 32.6 Å². The summed E-state index contributed by atoms with van der Waals surface area (Å²) in [7, 11) is 1.65. The maximum atomic E-state index is 13.2. The van der Waals surface area contributed by atoms with E-state index in [4.69, 9.17) is 4.74 Å². The Morgan fingerprint density at radius 1 is 1.44 bits per heavy atom. The average Bonchev–Trinajstić information content (AvgIpc) is 2.14. The number of carbonyl (C=O) groups excluding carboxylic acids is 1. The van der Waals surface area contributed by atoms with E-state index in [1.165, 1.54) is 4.90 Å². The van der Waals surface area contributed by atoms with E-state index in [0.717, 1.165) is 0 Å². The number of nitrogens with one attached hydrogen (secondary N) is 1. The SMILES string of the molecule is CN(C(=O)OC(C)(C)C)[C@H]1CNC[C@H](F)C1. The van der Waals surface area contributed by atoms with Crippen molar-refractivity contribution in [3.63, 3.8) is 0 Å². The van der Waals surface area contributed by atoms with E-state index >= 15 is 0 Å². The average molecular weight is 232 g/mol. The molecule has 1 fully saturated rings. The van der Waals surface area contributed by atoms with Crippen molar-refractivity contribution >= 4 is 6.09 Å². The zero-order chi connectivity index (χ0) is 12.3. The zero-order valence-corrected chi connectivity index (χ0v) is 10.4. The largest absolute Gasteiger partial charge is 0.444 e. The number of hydrogen-bond acceptors (Lipinski definition) is 3. The van der Waals surface area contributed by atoms with E-state index < -0.39 is 17.9 Å². The second kappa shape index (κ2) is 4.99. The van der Waals surface area contributed by atoms with Gasteiger partial charge in [0.25, 0.3) is 0 Å². The lowest BCUT2D eigenvalue weighted by atomic mass is 10.1. The van der Waals surface area contributed by atoms with E-state index in [-0.39, 0.29) is 6.04 Å². The van der Waals surface area contributed by atoms with E-state index in [9.17, 15) is 9.18 Å². The number of piperidine rings is 1. The molecular formula is C11H21FN2O2. The van der Waals surface area contributed by atoms with Crippen molar-refractivity contribution < 1.29 is 13.9 Å². The van der Waals surface area contributed by atoms with Crippen LogP contribution < -0.4 is 5.32 Å². The van der Waals surface area contributed by atoms with Crippen LogP contribution in [-0.2, 0) is 4.74 Å². The first-order valence-corrected chi connectivity index (χ1v) is 5.60. The highest BCUT2D eigenvalue weighted by Gasteiger charge is 2.29. The molecule has 0 aromatic heterocycles. The molecule has 1 aliphatic rings. The molecule has 0 aliphatic carbocycles. The first-order chi connectivity index (χ1) is 7.29. The van der Waals surface area contributed by atoms with Gasteiger partial charge < -0.3 is 15.0 Å². The third-order valence-corrected chi connectivity index (χ3v) is 2.50. The molecule has 0 spiro atoms. The second-order valence-electron chi connectivity index (χ2n) is 5.24. The van der Waals surface area contributed by atoms with Crippen LogP contribution in [0.15, 0.2) is 0 Å². The summed E-state index contributed by atoms with van der Waals surface area (Å²) < 4.78 is 18.4. The van der Waals surface area contributed by atoms with Gasteiger partial charge in [-0.3, -0.25) is 0 Å². The summed E-state index contributed by atoms with van der Waals surface area (Å²) in [5.41, 5.74) is -0.511. The fourth-order valence-electron chi connectivity index (χ4n) is 1.65. The van der Waals surface area contributed by atoms with Crippen LogP contribution in [0.25, 0.3) is 0 Å². The lowest BCUT2D eigenvalue weighted by molar-refractivity contribution is 0.0169. The molecule has 1 amide bonds. The molecule has 94 valence electrons.